The average molecular weight is 185 g/mol. The van der Waals surface area contributed by atoms with Gasteiger partial charge in [0.2, 0.25) is 0 Å². The highest BCUT2D eigenvalue weighted by atomic mass is 16.4. The fraction of sp³-hybridized carbons (Fsp3) is 0.778. The van der Waals surface area contributed by atoms with E-state index >= 15 is 0 Å². The summed E-state index contributed by atoms with van der Waals surface area (Å²) in [7, 11) is 0. The van der Waals surface area contributed by atoms with Crippen molar-refractivity contribution >= 4 is 11.8 Å². The van der Waals surface area contributed by atoms with Crippen molar-refractivity contribution in [2.45, 2.75) is 33.1 Å². The highest BCUT2D eigenvalue weighted by molar-refractivity contribution is 5.80. The molecule has 4 nitrogen and oxygen atoms in total. The fourth-order valence-electron chi connectivity index (χ4n) is 1.20. The van der Waals surface area contributed by atoms with Crippen molar-refractivity contribution in [2.75, 3.05) is 6.54 Å². The molecule has 13 heavy (non-hydrogen) atoms. The Hall–Kier alpha value is -1.06. The van der Waals surface area contributed by atoms with Gasteiger partial charge >= 0.3 is 0 Å². The fourth-order valence-corrected chi connectivity index (χ4v) is 1.20. The second kappa shape index (κ2) is 6.46. The first kappa shape index (κ1) is 11.9. The Morgan fingerprint density at radius 1 is 1.77 bits per heavy atom. The first-order valence-corrected chi connectivity index (χ1v) is 4.52. The summed E-state index contributed by atoms with van der Waals surface area (Å²) in [5.74, 6) is 0.579. The topological polar surface area (TPSA) is 78.5 Å². The number of carboxylic acid groups (broad SMARTS) is 1. The minimum Gasteiger partial charge on any atom is -0.550 e. The van der Waals surface area contributed by atoms with Crippen LogP contribution in [0.4, 0.5) is 0 Å². The third-order valence-electron chi connectivity index (χ3n) is 1.93. The number of amidine groups is 1. The SMILES string of the molecule is CC(=O)[O-].CCC1CCN=C(N)C1. The molecule has 0 bridgehead atoms. The van der Waals surface area contributed by atoms with Crippen LogP contribution in [-0.4, -0.2) is 18.3 Å². The van der Waals surface area contributed by atoms with Gasteiger partial charge in [-0.3, -0.25) is 4.99 Å². The van der Waals surface area contributed by atoms with Gasteiger partial charge in [0.15, 0.2) is 0 Å². The molecule has 1 atom stereocenters. The molecule has 1 unspecified atom stereocenters. The number of carbonyl (C=O) groups excluding carboxylic acids is 1. The molecule has 0 saturated carbocycles. The number of nitrogens with zero attached hydrogens (tertiary/aromatic N) is 1. The largest absolute Gasteiger partial charge is 0.550 e. The number of aliphatic carboxylic acids is 1. The van der Waals surface area contributed by atoms with Crippen LogP contribution in [0.25, 0.3) is 0 Å². The summed E-state index contributed by atoms with van der Waals surface area (Å²) in [6, 6.07) is 0. The van der Waals surface area contributed by atoms with Gasteiger partial charge in [-0.25, -0.2) is 0 Å². The number of carboxylic acids is 1. The van der Waals surface area contributed by atoms with Crippen molar-refractivity contribution in [3.63, 3.8) is 0 Å². The van der Waals surface area contributed by atoms with E-state index in [1.54, 1.807) is 0 Å². The second-order valence-electron chi connectivity index (χ2n) is 3.13. The zero-order valence-corrected chi connectivity index (χ0v) is 8.25. The molecular formula is C9H17N2O2-. The lowest BCUT2D eigenvalue weighted by Crippen LogP contribution is -2.22. The maximum atomic E-state index is 8.89. The van der Waals surface area contributed by atoms with Gasteiger partial charge in [-0.2, -0.15) is 0 Å². The molecule has 76 valence electrons. The van der Waals surface area contributed by atoms with E-state index in [1.165, 1.54) is 12.8 Å². The van der Waals surface area contributed by atoms with Crippen LogP contribution in [0.3, 0.4) is 0 Å². The van der Waals surface area contributed by atoms with E-state index in [4.69, 9.17) is 15.6 Å². The van der Waals surface area contributed by atoms with Crippen LogP contribution in [-0.2, 0) is 4.79 Å². The monoisotopic (exact) mass is 185 g/mol. The molecule has 0 aromatic rings. The molecule has 1 rings (SSSR count). The normalized spacial score (nSPS) is 21.1. The van der Waals surface area contributed by atoms with E-state index in [2.05, 4.69) is 11.9 Å². The van der Waals surface area contributed by atoms with Crippen molar-refractivity contribution in [2.24, 2.45) is 16.6 Å². The standard InChI is InChI=1S/C7H14N2.C2H4O2/c1-2-6-3-4-9-7(8)5-6;1-2(3)4/h6H,2-5H2,1H3,(H2,8,9);1H3,(H,3,4)/p-1. The molecule has 0 aliphatic carbocycles. The van der Waals surface area contributed by atoms with Gasteiger partial charge < -0.3 is 15.6 Å². The van der Waals surface area contributed by atoms with E-state index in [1.807, 2.05) is 0 Å². The van der Waals surface area contributed by atoms with E-state index in [9.17, 15) is 0 Å². The number of hydrogen-bond donors (Lipinski definition) is 1. The molecule has 0 fully saturated rings. The molecule has 2 N–H and O–H groups in total. The molecule has 4 heteroatoms. The summed E-state index contributed by atoms with van der Waals surface area (Å²) in [6.45, 7) is 4.13. The highest BCUT2D eigenvalue weighted by Crippen LogP contribution is 2.16. The zero-order chi connectivity index (χ0) is 10.3. The van der Waals surface area contributed by atoms with Gasteiger partial charge in [0.25, 0.3) is 0 Å². The number of carbonyl (C=O) groups is 1. The number of nitrogens with two attached hydrogens (primary N) is 1. The van der Waals surface area contributed by atoms with Crippen molar-refractivity contribution in [3.8, 4) is 0 Å². The lowest BCUT2D eigenvalue weighted by Gasteiger charge is -2.17. The average Bonchev–Trinajstić information content (AvgIpc) is 2.03. The number of hydrogen-bond acceptors (Lipinski definition) is 4. The Morgan fingerprint density at radius 2 is 2.31 bits per heavy atom. The molecular weight excluding hydrogens is 168 g/mol. The van der Waals surface area contributed by atoms with Crippen LogP contribution in [0.5, 0.6) is 0 Å². The Kier molecular flexibility index (Phi) is 5.93. The molecule has 1 heterocycles. The van der Waals surface area contributed by atoms with Gasteiger partial charge in [0.1, 0.15) is 0 Å². The third-order valence-corrected chi connectivity index (χ3v) is 1.93. The smallest absolute Gasteiger partial charge is 0.0939 e. The van der Waals surface area contributed by atoms with Crippen molar-refractivity contribution < 1.29 is 9.90 Å². The minimum absolute atomic E-state index is 0.808. The number of aliphatic imine (C=N–C) groups is 1. The summed E-state index contributed by atoms with van der Waals surface area (Å²) in [5, 5.41) is 8.89. The molecule has 0 amide bonds. The maximum Gasteiger partial charge on any atom is 0.0939 e. The van der Waals surface area contributed by atoms with E-state index in [0.29, 0.717) is 0 Å². The lowest BCUT2D eigenvalue weighted by molar-refractivity contribution is -0.302. The molecule has 0 radical (unpaired) electrons. The lowest BCUT2D eigenvalue weighted by atomic mass is 9.96. The van der Waals surface area contributed by atoms with E-state index in [0.717, 1.165) is 31.6 Å². The Labute approximate surface area is 78.8 Å². The van der Waals surface area contributed by atoms with Crippen molar-refractivity contribution in [3.05, 3.63) is 0 Å². The molecule has 0 aromatic carbocycles. The zero-order valence-electron chi connectivity index (χ0n) is 8.25. The van der Waals surface area contributed by atoms with Crippen molar-refractivity contribution in [1.29, 1.82) is 0 Å². The van der Waals surface area contributed by atoms with Crippen LogP contribution in [0.2, 0.25) is 0 Å². The summed E-state index contributed by atoms with van der Waals surface area (Å²) < 4.78 is 0. The quantitative estimate of drug-likeness (QED) is 0.620. The van der Waals surface area contributed by atoms with Gasteiger partial charge in [0, 0.05) is 18.9 Å². The maximum absolute atomic E-state index is 8.89. The molecule has 0 spiro atoms. The summed E-state index contributed by atoms with van der Waals surface area (Å²) in [4.78, 5) is 13.0. The summed E-state index contributed by atoms with van der Waals surface area (Å²) in [6.07, 6.45) is 3.50. The first-order chi connectivity index (χ1) is 6.06. The van der Waals surface area contributed by atoms with Crippen molar-refractivity contribution in [1.82, 2.24) is 0 Å². The molecule has 0 aromatic heterocycles. The number of rotatable bonds is 1. The van der Waals surface area contributed by atoms with Crippen LogP contribution >= 0.6 is 0 Å². The third kappa shape index (κ3) is 7.31. The van der Waals surface area contributed by atoms with E-state index in [-0.39, 0.29) is 0 Å². The minimum atomic E-state index is -1.08. The van der Waals surface area contributed by atoms with Crippen LogP contribution < -0.4 is 10.8 Å². The Bertz CT molecular complexity index is 186. The van der Waals surface area contributed by atoms with Gasteiger partial charge in [-0.05, 0) is 19.3 Å². The Morgan fingerprint density at radius 3 is 2.62 bits per heavy atom. The summed E-state index contributed by atoms with van der Waals surface area (Å²) in [5.41, 5.74) is 5.55. The summed E-state index contributed by atoms with van der Waals surface area (Å²) >= 11 is 0. The first-order valence-electron chi connectivity index (χ1n) is 4.52. The van der Waals surface area contributed by atoms with Crippen LogP contribution in [0, 0.1) is 5.92 Å². The van der Waals surface area contributed by atoms with Gasteiger partial charge in [-0.15, -0.1) is 0 Å². The van der Waals surface area contributed by atoms with Gasteiger partial charge in [-0.1, -0.05) is 13.3 Å². The predicted octanol–water partition coefficient (Wildman–Crippen LogP) is -0.0802. The van der Waals surface area contributed by atoms with Gasteiger partial charge in [0.05, 0.1) is 5.84 Å². The van der Waals surface area contributed by atoms with Crippen LogP contribution in [0.15, 0.2) is 4.99 Å². The molecule has 1 aliphatic rings. The second-order valence-corrected chi connectivity index (χ2v) is 3.13. The van der Waals surface area contributed by atoms with E-state index < -0.39 is 5.97 Å². The Balaban J connectivity index is 0.000000310. The van der Waals surface area contributed by atoms with Crippen LogP contribution in [0.1, 0.15) is 33.1 Å². The molecule has 0 saturated heterocycles. The highest BCUT2D eigenvalue weighted by Gasteiger charge is 2.11. The predicted molar refractivity (Wildman–Crippen MR) is 50.2 cm³/mol. The molecule has 1 aliphatic heterocycles.